The zero-order valence-electron chi connectivity index (χ0n) is 14.8. The smallest absolute Gasteiger partial charge is 0.444 e. The van der Waals surface area contributed by atoms with Crippen LogP contribution in [0, 0.1) is 0 Å². The molecule has 1 amide bonds. The van der Waals surface area contributed by atoms with Crippen molar-refractivity contribution in [1.82, 2.24) is 4.90 Å². The van der Waals surface area contributed by atoms with Gasteiger partial charge in [-0.2, -0.15) is 33.7 Å². The lowest BCUT2D eigenvalue weighted by Crippen LogP contribution is -2.39. The zero-order valence-corrected chi connectivity index (χ0v) is 15.6. The van der Waals surface area contributed by atoms with Crippen LogP contribution in [0.15, 0.2) is 0 Å². The lowest BCUT2D eigenvalue weighted by atomic mass is 10.1. The van der Waals surface area contributed by atoms with Crippen LogP contribution < -0.4 is 0 Å². The molecule has 1 atom stereocenters. The van der Waals surface area contributed by atoms with Crippen molar-refractivity contribution in [2.24, 2.45) is 0 Å². The minimum atomic E-state index is -5.48. The first kappa shape index (κ1) is 22.3. The molecule has 9 heteroatoms. The van der Waals surface area contributed by atoms with Gasteiger partial charge in [-0.25, -0.2) is 4.79 Å². The number of hydrogen-bond donors (Lipinski definition) is 0. The van der Waals surface area contributed by atoms with Crippen LogP contribution in [-0.4, -0.2) is 52.8 Å². The van der Waals surface area contributed by atoms with E-state index in [1.54, 1.807) is 25.7 Å². The van der Waals surface area contributed by atoms with Crippen LogP contribution in [0.4, 0.5) is 26.7 Å². The highest BCUT2D eigenvalue weighted by Gasteiger charge is 2.56. The number of likely N-dealkylation sites (tertiary alicyclic amines) is 1. The van der Waals surface area contributed by atoms with Gasteiger partial charge in [-0.05, 0) is 58.0 Å². The van der Waals surface area contributed by atoms with E-state index in [-0.39, 0.29) is 17.9 Å². The Kier molecular flexibility index (Phi) is 7.83. The lowest BCUT2D eigenvalue weighted by molar-refractivity contribution is -0.282. The number of carbonyl (C=O) groups excluding carboxylic acids is 1. The summed E-state index contributed by atoms with van der Waals surface area (Å²) in [4.78, 5) is 13.8. The van der Waals surface area contributed by atoms with Gasteiger partial charge in [0.05, 0.1) is 0 Å². The van der Waals surface area contributed by atoms with E-state index < -0.39 is 24.1 Å². The molecular formula is C16H26F5NO2S. The second kappa shape index (κ2) is 8.77. The molecule has 1 fully saturated rings. The number of nitrogens with zero attached hydrogens (tertiary/aromatic N) is 1. The van der Waals surface area contributed by atoms with E-state index in [0.29, 0.717) is 25.1 Å². The maximum atomic E-state index is 12.8. The van der Waals surface area contributed by atoms with Crippen molar-refractivity contribution in [3.63, 3.8) is 0 Å². The molecule has 148 valence electrons. The quantitative estimate of drug-likeness (QED) is 0.425. The van der Waals surface area contributed by atoms with Crippen LogP contribution >= 0.6 is 11.8 Å². The Morgan fingerprint density at radius 2 is 1.80 bits per heavy atom. The minimum Gasteiger partial charge on any atom is -0.444 e. The van der Waals surface area contributed by atoms with E-state index in [9.17, 15) is 26.7 Å². The van der Waals surface area contributed by atoms with Crippen molar-refractivity contribution in [2.45, 2.75) is 76.6 Å². The fraction of sp³-hybridized carbons (Fsp3) is 0.938. The van der Waals surface area contributed by atoms with Crippen LogP contribution in [0.25, 0.3) is 0 Å². The summed E-state index contributed by atoms with van der Waals surface area (Å²) in [6.07, 6.45) is -3.94. The molecule has 3 nitrogen and oxygen atoms in total. The third kappa shape index (κ3) is 7.58. The van der Waals surface area contributed by atoms with Gasteiger partial charge in [0.15, 0.2) is 0 Å². The van der Waals surface area contributed by atoms with Crippen molar-refractivity contribution in [3.8, 4) is 0 Å². The molecule has 1 aliphatic rings. The summed E-state index contributed by atoms with van der Waals surface area (Å²) in [5, 5.41) is 0. The van der Waals surface area contributed by atoms with Gasteiger partial charge in [-0.15, -0.1) is 0 Å². The number of halogens is 5. The number of thioether (sulfide) groups is 1. The number of carbonyl (C=O) groups is 1. The predicted octanol–water partition coefficient (Wildman–Crippen LogP) is 5.49. The van der Waals surface area contributed by atoms with Crippen LogP contribution in [0.1, 0.15) is 52.9 Å². The molecule has 0 N–H and O–H groups in total. The van der Waals surface area contributed by atoms with Crippen LogP contribution in [-0.2, 0) is 4.74 Å². The third-order valence-electron chi connectivity index (χ3n) is 3.81. The Bertz CT molecular complexity index is 437. The van der Waals surface area contributed by atoms with Gasteiger partial charge >= 0.3 is 18.2 Å². The normalized spacial score (nSPS) is 19.4. The van der Waals surface area contributed by atoms with Crippen molar-refractivity contribution < 1.29 is 31.5 Å². The topological polar surface area (TPSA) is 29.5 Å². The van der Waals surface area contributed by atoms with E-state index in [1.165, 1.54) is 0 Å². The third-order valence-corrected chi connectivity index (χ3v) is 4.88. The molecule has 0 spiro atoms. The van der Waals surface area contributed by atoms with Gasteiger partial charge in [0.25, 0.3) is 0 Å². The predicted molar refractivity (Wildman–Crippen MR) is 88.1 cm³/mol. The van der Waals surface area contributed by atoms with E-state index in [0.717, 1.165) is 24.6 Å². The highest BCUT2D eigenvalue weighted by atomic mass is 32.2. The van der Waals surface area contributed by atoms with Gasteiger partial charge in [-0.1, -0.05) is 0 Å². The van der Waals surface area contributed by atoms with Gasteiger partial charge in [0.1, 0.15) is 5.60 Å². The molecule has 0 bridgehead atoms. The van der Waals surface area contributed by atoms with Crippen LogP contribution in [0.3, 0.4) is 0 Å². The monoisotopic (exact) mass is 391 g/mol. The second-order valence-electron chi connectivity index (χ2n) is 7.18. The first-order valence-electron chi connectivity index (χ1n) is 8.35. The summed E-state index contributed by atoms with van der Waals surface area (Å²) in [5.74, 6) is -4.38. The molecule has 0 saturated carbocycles. The summed E-state index contributed by atoms with van der Waals surface area (Å²) < 4.78 is 67.0. The fourth-order valence-electron chi connectivity index (χ4n) is 2.56. The summed E-state index contributed by atoms with van der Waals surface area (Å²) >= 11 is 1.08. The number of ether oxygens (including phenoxy) is 1. The molecule has 0 radical (unpaired) electrons. The minimum absolute atomic E-state index is 0.0482. The van der Waals surface area contributed by atoms with E-state index in [1.807, 2.05) is 0 Å². The molecule has 0 aliphatic carbocycles. The molecule has 1 saturated heterocycles. The summed E-state index contributed by atoms with van der Waals surface area (Å²) in [5.41, 5.74) is -0.566. The van der Waals surface area contributed by atoms with E-state index >= 15 is 0 Å². The molecule has 0 aromatic carbocycles. The van der Waals surface area contributed by atoms with Crippen LogP contribution in [0.2, 0.25) is 0 Å². The zero-order chi connectivity index (χ0) is 19.3. The molecule has 0 aromatic rings. The lowest BCUT2D eigenvalue weighted by Gasteiger charge is -2.28. The maximum Gasteiger partial charge on any atom is 0.453 e. The van der Waals surface area contributed by atoms with Gasteiger partial charge in [0, 0.05) is 19.0 Å². The highest BCUT2D eigenvalue weighted by Crippen LogP contribution is 2.38. The van der Waals surface area contributed by atoms with Crippen molar-refractivity contribution in [1.29, 1.82) is 0 Å². The Morgan fingerprint density at radius 1 is 1.16 bits per heavy atom. The molecular weight excluding hydrogens is 365 g/mol. The Morgan fingerprint density at radius 3 is 2.36 bits per heavy atom. The molecule has 1 aliphatic heterocycles. The molecule has 25 heavy (non-hydrogen) atoms. The molecule has 0 aromatic heterocycles. The molecule has 1 unspecified atom stereocenters. The van der Waals surface area contributed by atoms with Gasteiger partial charge in [0.2, 0.25) is 0 Å². The summed E-state index contributed by atoms with van der Waals surface area (Å²) in [7, 11) is 0. The number of hydrogen-bond acceptors (Lipinski definition) is 3. The Hall–Kier alpha value is -0.730. The van der Waals surface area contributed by atoms with E-state index in [4.69, 9.17) is 4.74 Å². The first-order chi connectivity index (χ1) is 11.3. The Balaban J connectivity index is 2.26. The number of alkyl halides is 5. The van der Waals surface area contributed by atoms with Crippen molar-refractivity contribution in [3.05, 3.63) is 0 Å². The first-order valence-corrected chi connectivity index (χ1v) is 9.51. The highest BCUT2D eigenvalue weighted by molar-refractivity contribution is 7.99. The number of amides is 1. The van der Waals surface area contributed by atoms with Crippen LogP contribution in [0.5, 0.6) is 0 Å². The molecule has 1 rings (SSSR count). The average molecular weight is 391 g/mol. The standard InChI is InChI=1S/C16H26F5NO2S/c1-14(2,3)24-13(23)22-9-4-6-12(22)7-5-10-25-11-8-15(17,18)16(19,20)21/h12H,4-11H2,1-3H3. The van der Waals surface area contributed by atoms with Crippen molar-refractivity contribution in [2.75, 3.05) is 18.1 Å². The molecule has 1 heterocycles. The number of rotatable bonds is 7. The van der Waals surface area contributed by atoms with E-state index in [2.05, 4.69) is 0 Å². The van der Waals surface area contributed by atoms with Gasteiger partial charge in [-0.3, -0.25) is 0 Å². The fourth-order valence-corrected chi connectivity index (χ4v) is 3.54. The van der Waals surface area contributed by atoms with Gasteiger partial charge < -0.3 is 9.64 Å². The largest absolute Gasteiger partial charge is 0.453 e. The summed E-state index contributed by atoms with van der Waals surface area (Å²) in [6, 6.07) is 0.0482. The SMILES string of the molecule is CC(C)(C)OC(=O)N1CCCC1CCCSCCC(F)(F)C(F)(F)F. The van der Waals surface area contributed by atoms with Crippen molar-refractivity contribution >= 4 is 17.9 Å². The maximum absolute atomic E-state index is 12.8. The summed E-state index contributed by atoms with van der Waals surface area (Å²) in [6.45, 7) is 6.01. The Labute approximate surface area is 149 Å². The average Bonchev–Trinajstić information content (AvgIpc) is 2.87. The second-order valence-corrected chi connectivity index (χ2v) is 8.40.